The highest BCUT2D eigenvalue weighted by atomic mass is 19.1. The summed E-state index contributed by atoms with van der Waals surface area (Å²) >= 11 is 0. The third-order valence-electron chi connectivity index (χ3n) is 3.54. The molecule has 0 bridgehead atoms. The van der Waals surface area contributed by atoms with Gasteiger partial charge < -0.3 is 20.1 Å². The molecule has 0 saturated carbocycles. The van der Waals surface area contributed by atoms with E-state index in [0.717, 1.165) is 0 Å². The van der Waals surface area contributed by atoms with Crippen molar-refractivity contribution in [2.75, 3.05) is 37.7 Å². The molecule has 2 rings (SSSR count). The van der Waals surface area contributed by atoms with Crippen LogP contribution in [0.5, 0.6) is 0 Å². The number of hydrogen-bond acceptors (Lipinski definition) is 4. The van der Waals surface area contributed by atoms with Crippen molar-refractivity contribution < 1.29 is 23.8 Å². The fourth-order valence-electron chi connectivity index (χ4n) is 2.43. The zero-order valence-electron chi connectivity index (χ0n) is 12.4. The molecule has 0 unspecified atom stereocenters. The summed E-state index contributed by atoms with van der Waals surface area (Å²) in [4.78, 5) is 24.5. The molecular weight excluding hydrogens is 291 g/mol. The van der Waals surface area contributed by atoms with Gasteiger partial charge in [0.25, 0.3) is 5.91 Å². The number of rotatable bonds is 5. The molecule has 0 radical (unpaired) electrons. The normalized spacial score (nSPS) is 14.7. The number of morpholine rings is 1. The zero-order chi connectivity index (χ0) is 16.1. The molecule has 2 N–H and O–H groups in total. The Morgan fingerprint density at radius 3 is 2.64 bits per heavy atom. The summed E-state index contributed by atoms with van der Waals surface area (Å²) in [6.45, 7) is 3.81. The molecule has 1 heterocycles. The largest absolute Gasteiger partial charge is 0.480 e. The van der Waals surface area contributed by atoms with Gasteiger partial charge in [-0.15, -0.1) is 0 Å². The lowest BCUT2D eigenvalue weighted by molar-refractivity contribution is -0.135. The van der Waals surface area contributed by atoms with E-state index < -0.39 is 24.2 Å². The predicted molar refractivity (Wildman–Crippen MR) is 78.8 cm³/mol. The van der Waals surface area contributed by atoms with Crippen molar-refractivity contribution >= 4 is 17.6 Å². The van der Waals surface area contributed by atoms with E-state index in [2.05, 4.69) is 5.32 Å². The van der Waals surface area contributed by atoms with Crippen molar-refractivity contribution in [3.8, 4) is 0 Å². The number of benzene rings is 1. The molecule has 1 amide bonds. The quantitative estimate of drug-likeness (QED) is 0.849. The molecule has 6 nitrogen and oxygen atoms in total. The van der Waals surface area contributed by atoms with Gasteiger partial charge in [0, 0.05) is 18.8 Å². The van der Waals surface area contributed by atoms with E-state index in [9.17, 15) is 14.0 Å². The van der Waals surface area contributed by atoms with Crippen molar-refractivity contribution in [2.45, 2.75) is 13.3 Å². The topological polar surface area (TPSA) is 78.9 Å². The highest BCUT2D eigenvalue weighted by molar-refractivity contribution is 5.97. The van der Waals surface area contributed by atoms with Crippen LogP contribution in [-0.4, -0.2) is 49.8 Å². The van der Waals surface area contributed by atoms with Crippen LogP contribution in [0.4, 0.5) is 10.1 Å². The number of nitrogens with zero attached hydrogens (tertiary/aromatic N) is 1. The Hall–Kier alpha value is -2.15. The number of hydrogen-bond donors (Lipinski definition) is 2. The van der Waals surface area contributed by atoms with Gasteiger partial charge in [-0.25, -0.2) is 4.39 Å². The Bertz CT molecular complexity index is 571. The Labute approximate surface area is 127 Å². The first-order chi connectivity index (χ1) is 10.5. The van der Waals surface area contributed by atoms with E-state index in [0.29, 0.717) is 44.0 Å². The Morgan fingerprint density at radius 2 is 2.05 bits per heavy atom. The van der Waals surface area contributed by atoms with Gasteiger partial charge in [0.05, 0.1) is 18.8 Å². The SMILES string of the molecule is CCc1cc(N2CCOCC2)cc(F)c1C(=O)NCC(=O)O. The maximum absolute atomic E-state index is 14.4. The summed E-state index contributed by atoms with van der Waals surface area (Å²) in [5.41, 5.74) is 1.19. The summed E-state index contributed by atoms with van der Waals surface area (Å²) in [6.07, 6.45) is 0.477. The summed E-state index contributed by atoms with van der Waals surface area (Å²) in [5, 5.41) is 10.8. The molecule has 1 fully saturated rings. The van der Waals surface area contributed by atoms with Crippen molar-refractivity contribution in [3.05, 3.63) is 29.1 Å². The van der Waals surface area contributed by atoms with Crippen LogP contribution in [0.2, 0.25) is 0 Å². The summed E-state index contributed by atoms with van der Waals surface area (Å²) in [7, 11) is 0. The van der Waals surface area contributed by atoms with E-state index >= 15 is 0 Å². The Morgan fingerprint density at radius 1 is 1.36 bits per heavy atom. The van der Waals surface area contributed by atoms with E-state index in [-0.39, 0.29) is 5.56 Å². The number of carbonyl (C=O) groups excluding carboxylic acids is 1. The van der Waals surface area contributed by atoms with Crippen LogP contribution < -0.4 is 10.2 Å². The molecule has 1 aromatic rings. The number of carboxylic acids is 1. The number of amides is 1. The van der Waals surface area contributed by atoms with Crippen LogP contribution >= 0.6 is 0 Å². The molecule has 1 aromatic carbocycles. The fraction of sp³-hybridized carbons (Fsp3) is 0.467. The third-order valence-corrected chi connectivity index (χ3v) is 3.54. The van der Waals surface area contributed by atoms with Crippen LogP contribution in [0, 0.1) is 5.82 Å². The molecule has 1 aliphatic heterocycles. The first-order valence-electron chi connectivity index (χ1n) is 7.18. The van der Waals surface area contributed by atoms with Crippen LogP contribution in [-0.2, 0) is 16.0 Å². The summed E-state index contributed by atoms with van der Waals surface area (Å²) < 4.78 is 19.6. The lowest BCUT2D eigenvalue weighted by Crippen LogP contribution is -2.36. The number of halogens is 1. The highest BCUT2D eigenvalue weighted by Crippen LogP contribution is 2.24. The maximum atomic E-state index is 14.4. The lowest BCUT2D eigenvalue weighted by Gasteiger charge is -2.29. The molecule has 0 atom stereocenters. The van der Waals surface area contributed by atoms with Crippen LogP contribution in [0.25, 0.3) is 0 Å². The zero-order valence-corrected chi connectivity index (χ0v) is 12.4. The van der Waals surface area contributed by atoms with Crippen molar-refractivity contribution in [1.29, 1.82) is 0 Å². The second-order valence-electron chi connectivity index (χ2n) is 4.99. The number of nitrogens with one attached hydrogen (secondary N) is 1. The van der Waals surface area contributed by atoms with Crippen molar-refractivity contribution in [1.82, 2.24) is 5.32 Å². The molecule has 120 valence electrons. The van der Waals surface area contributed by atoms with Gasteiger partial charge in [-0.1, -0.05) is 6.92 Å². The number of aryl methyl sites for hydroxylation is 1. The van der Waals surface area contributed by atoms with Gasteiger partial charge in [0.15, 0.2) is 0 Å². The van der Waals surface area contributed by atoms with Gasteiger partial charge >= 0.3 is 5.97 Å². The number of aliphatic carboxylic acids is 1. The first-order valence-corrected chi connectivity index (χ1v) is 7.18. The monoisotopic (exact) mass is 310 g/mol. The maximum Gasteiger partial charge on any atom is 0.322 e. The minimum absolute atomic E-state index is 0.0826. The number of carboxylic acid groups (broad SMARTS) is 1. The van der Waals surface area contributed by atoms with Gasteiger partial charge in [-0.05, 0) is 24.1 Å². The average molecular weight is 310 g/mol. The van der Waals surface area contributed by atoms with E-state index in [4.69, 9.17) is 9.84 Å². The molecular formula is C15H19FN2O4. The van der Waals surface area contributed by atoms with Gasteiger partial charge in [-0.2, -0.15) is 0 Å². The summed E-state index contributed by atoms with van der Waals surface area (Å²) in [6, 6.07) is 3.10. The van der Waals surface area contributed by atoms with E-state index in [1.165, 1.54) is 6.07 Å². The fourth-order valence-corrected chi connectivity index (χ4v) is 2.43. The molecule has 0 spiro atoms. The minimum atomic E-state index is -1.17. The first kappa shape index (κ1) is 16.2. The lowest BCUT2D eigenvalue weighted by atomic mass is 10.0. The molecule has 0 aliphatic carbocycles. The van der Waals surface area contributed by atoms with Gasteiger partial charge in [0.1, 0.15) is 12.4 Å². The number of carbonyl (C=O) groups is 2. The molecule has 7 heteroatoms. The molecule has 1 aliphatic rings. The third kappa shape index (κ3) is 3.73. The summed E-state index contributed by atoms with van der Waals surface area (Å²) in [5.74, 6) is -2.51. The predicted octanol–water partition coefficient (Wildman–Crippen LogP) is 1.04. The standard InChI is InChI=1S/C15H19FN2O4/c1-2-10-7-11(18-3-5-22-6-4-18)8-12(16)14(10)15(21)17-9-13(19)20/h7-8H,2-6,9H2,1H3,(H,17,21)(H,19,20). The minimum Gasteiger partial charge on any atom is -0.480 e. The Kier molecular flexibility index (Phi) is 5.32. The van der Waals surface area contributed by atoms with Crippen LogP contribution in [0.1, 0.15) is 22.8 Å². The van der Waals surface area contributed by atoms with Crippen molar-refractivity contribution in [3.63, 3.8) is 0 Å². The van der Waals surface area contributed by atoms with Crippen molar-refractivity contribution in [2.24, 2.45) is 0 Å². The van der Waals surface area contributed by atoms with Gasteiger partial charge in [0.2, 0.25) is 0 Å². The second-order valence-corrected chi connectivity index (χ2v) is 4.99. The second kappa shape index (κ2) is 7.22. The van der Waals surface area contributed by atoms with Crippen LogP contribution in [0.15, 0.2) is 12.1 Å². The number of ether oxygens (including phenoxy) is 1. The highest BCUT2D eigenvalue weighted by Gasteiger charge is 2.20. The number of anilines is 1. The van der Waals surface area contributed by atoms with Crippen LogP contribution in [0.3, 0.4) is 0 Å². The average Bonchev–Trinajstić information content (AvgIpc) is 2.52. The van der Waals surface area contributed by atoms with E-state index in [1.54, 1.807) is 6.07 Å². The van der Waals surface area contributed by atoms with E-state index in [1.807, 2.05) is 11.8 Å². The molecule has 22 heavy (non-hydrogen) atoms. The Balaban J connectivity index is 2.27. The molecule has 0 aromatic heterocycles. The smallest absolute Gasteiger partial charge is 0.322 e. The molecule has 1 saturated heterocycles. The van der Waals surface area contributed by atoms with Gasteiger partial charge in [-0.3, -0.25) is 9.59 Å².